The normalized spacial score (nSPS) is 14.5. The van der Waals surface area contributed by atoms with Crippen LogP contribution in [0.2, 0.25) is 0 Å². The summed E-state index contributed by atoms with van der Waals surface area (Å²) >= 11 is 0. The minimum absolute atomic E-state index is 0.219. The van der Waals surface area contributed by atoms with E-state index in [2.05, 4.69) is 14.7 Å². The molecule has 0 spiro atoms. The van der Waals surface area contributed by atoms with Crippen molar-refractivity contribution < 1.29 is 22.6 Å². The maximum atomic E-state index is 12.1. The molecule has 3 rings (SSSR count). The van der Waals surface area contributed by atoms with Gasteiger partial charge in [-0.1, -0.05) is 0 Å². The molecule has 1 N–H and O–H groups in total. The molecule has 0 saturated carbocycles. The molecule has 116 valence electrons. The summed E-state index contributed by atoms with van der Waals surface area (Å²) in [5, 5.41) is 0. The summed E-state index contributed by atoms with van der Waals surface area (Å²) in [6.07, 6.45) is -4.21. The maximum Gasteiger partial charge on any atom is 0.573 e. The number of hydrogen-bond acceptors (Lipinski definition) is 4. The van der Waals surface area contributed by atoms with Gasteiger partial charge in [0.2, 0.25) is 0 Å². The Morgan fingerprint density at radius 2 is 1.95 bits per heavy atom. The van der Waals surface area contributed by atoms with Gasteiger partial charge in [-0.05, 0) is 24.3 Å². The molecular weight excluding hydrogens is 301 g/mol. The number of nitrogens with zero attached hydrogens (tertiary/aromatic N) is 1. The Morgan fingerprint density at radius 1 is 1.23 bits per heavy atom. The molecule has 5 nitrogen and oxygen atoms in total. The van der Waals surface area contributed by atoms with Crippen molar-refractivity contribution >= 4 is 0 Å². The number of nitrogens with one attached hydrogen (secondary N) is 1. The second-order valence-corrected chi connectivity index (χ2v) is 4.71. The van der Waals surface area contributed by atoms with E-state index in [1.807, 2.05) is 0 Å². The van der Waals surface area contributed by atoms with E-state index in [0.717, 1.165) is 0 Å². The number of aromatic nitrogens is 2. The molecule has 0 bridgehead atoms. The number of alkyl halides is 3. The molecule has 0 saturated heterocycles. The lowest BCUT2D eigenvalue weighted by molar-refractivity contribution is -0.274. The Morgan fingerprint density at radius 3 is 2.64 bits per heavy atom. The summed E-state index contributed by atoms with van der Waals surface area (Å²) in [7, 11) is 0. The highest BCUT2D eigenvalue weighted by Gasteiger charge is 2.31. The van der Waals surface area contributed by atoms with Gasteiger partial charge in [0.25, 0.3) is 5.56 Å². The third-order valence-electron chi connectivity index (χ3n) is 3.19. The molecule has 0 amide bonds. The number of rotatable bonds is 2. The predicted molar refractivity (Wildman–Crippen MR) is 70.3 cm³/mol. The van der Waals surface area contributed by atoms with Crippen LogP contribution < -0.4 is 10.3 Å². The van der Waals surface area contributed by atoms with E-state index in [1.165, 1.54) is 24.3 Å². The van der Waals surface area contributed by atoms with Crippen molar-refractivity contribution in [3.8, 4) is 17.1 Å². The summed E-state index contributed by atoms with van der Waals surface area (Å²) in [5.74, 6) is -0.0193. The Labute approximate surface area is 122 Å². The van der Waals surface area contributed by atoms with Crippen molar-refractivity contribution in [2.24, 2.45) is 0 Å². The van der Waals surface area contributed by atoms with Crippen molar-refractivity contribution in [3.05, 3.63) is 45.9 Å². The number of hydrogen-bond donors (Lipinski definition) is 1. The molecule has 0 atom stereocenters. The third-order valence-corrected chi connectivity index (χ3v) is 3.19. The number of ether oxygens (including phenoxy) is 2. The topological polar surface area (TPSA) is 64.2 Å². The Kier molecular flexibility index (Phi) is 3.61. The smallest absolute Gasteiger partial charge is 0.406 e. The van der Waals surface area contributed by atoms with Gasteiger partial charge in [0, 0.05) is 12.0 Å². The molecule has 8 heteroatoms. The largest absolute Gasteiger partial charge is 0.573 e. The van der Waals surface area contributed by atoms with Crippen LogP contribution in [0, 0.1) is 0 Å². The Hall–Kier alpha value is -2.35. The third kappa shape index (κ3) is 3.11. The summed E-state index contributed by atoms with van der Waals surface area (Å²) in [6.45, 7) is 0.706. The molecule has 1 aliphatic heterocycles. The second kappa shape index (κ2) is 5.45. The molecule has 1 aromatic heterocycles. The van der Waals surface area contributed by atoms with Gasteiger partial charge < -0.3 is 14.5 Å². The van der Waals surface area contributed by atoms with Crippen molar-refractivity contribution in [1.82, 2.24) is 9.97 Å². The van der Waals surface area contributed by atoms with Gasteiger partial charge in [-0.25, -0.2) is 4.98 Å². The van der Waals surface area contributed by atoms with Crippen molar-refractivity contribution in [3.63, 3.8) is 0 Å². The first-order valence-corrected chi connectivity index (χ1v) is 6.48. The molecule has 22 heavy (non-hydrogen) atoms. The maximum absolute atomic E-state index is 12.1. The average Bonchev–Trinajstić information content (AvgIpc) is 2.46. The summed E-state index contributed by atoms with van der Waals surface area (Å²) in [6, 6.07) is 5.16. The Balaban J connectivity index is 1.91. The van der Waals surface area contributed by atoms with E-state index < -0.39 is 6.36 Å². The summed E-state index contributed by atoms with van der Waals surface area (Å²) in [4.78, 5) is 18.9. The zero-order valence-corrected chi connectivity index (χ0v) is 11.2. The van der Waals surface area contributed by atoms with E-state index >= 15 is 0 Å². The highest BCUT2D eigenvalue weighted by molar-refractivity contribution is 5.56. The molecule has 0 aliphatic carbocycles. The van der Waals surface area contributed by atoms with Crippen LogP contribution in [0.3, 0.4) is 0 Å². The van der Waals surface area contributed by atoms with Gasteiger partial charge in [0.05, 0.1) is 24.5 Å². The second-order valence-electron chi connectivity index (χ2n) is 4.71. The van der Waals surface area contributed by atoms with E-state index in [-0.39, 0.29) is 17.9 Å². The van der Waals surface area contributed by atoms with E-state index in [0.29, 0.717) is 35.7 Å². The lowest BCUT2D eigenvalue weighted by Gasteiger charge is -2.15. The minimum atomic E-state index is -4.74. The van der Waals surface area contributed by atoms with Gasteiger partial charge in [0.15, 0.2) is 0 Å². The highest BCUT2D eigenvalue weighted by atomic mass is 19.4. The number of fused-ring (bicyclic) bond motifs is 1. The molecule has 0 unspecified atom stereocenters. The van der Waals surface area contributed by atoms with Gasteiger partial charge in [-0.2, -0.15) is 0 Å². The Bertz CT molecular complexity index is 738. The van der Waals surface area contributed by atoms with Gasteiger partial charge in [-0.15, -0.1) is 13.2 Å². The van der Waals surface area contributed by atoms with E-state index in [4.69, 9.17) is 4.74 Å². The van der Waals surface area contributed by atoms with Gasteiger partial charge >= 0.3 is 6.36 Å². The summed E-state index contributed by atoms with van der Waals surface area (Å²) in [5.41, 5.74) is 1.35. The van der Waals surface area contributed by atoms with Crippen molar-refractivity contribution in [2.45, 2.75) is 19.4 Å². The van der Waals surface area contributed by atoms with Gasteiger partial charge in [0.1, 0.15) is 11.6 Å². The highest BCUT2D eigenvalue weighted by Crippen LogP contribution is 2.25. The number of benzene rings is 1. The molecule has 1 aliphatic rings. The van der Waals surface area contributed by atoms with Crippen LogP contribution >= 0.6 is 0 Å². The monoisotopic (exact) mass is 312 g/mol. The van der Waals surface area contributed by atoms with Crippen LogP contribution in [-0.4, -0.2) is 22.9 Å². The van der Waals surface area contributed by atoms with E-state index in [1.54, 1.807) is 0 Å². The molecular formula is C14H11F3N2O3. The fraction of sp³-hybridized carbons (Fsp3) is 0.286. The van der Waals surface area contributed by atoms with Crippen LogP contribution in [0.1, 0.15) is 11.3 Å². The molecule has 2 heterocycles. The quantitative estimate of drug-likeness (QED) is 0.925. The number of aromatic amines is 1. The lowest BCUT2D eigenvalue weighted by Crippen LogP contribution is -2.24. The van der Waals surface area contributed by atoms with Crippen LogP contribution in [0.15, 0.2) is 29.1 Å². The van der Waals surface area contributed by atoms with Crippen molar-refractivity contribution in [2.75, 3.05) is 6.61 Å². The van der Waals surface area contributed by atoms with Crippen LogP contribution in [0.4, 0.5) is 13.2 Å². The average molecular weight is 312 g/mol. The van der Waals surface area contributed by atoms with Crippen LogP contribution in [0.25, 0.3) is 11.4 Å². The first-order valence-electron chi connectivity index (χ1n) is 6.48. The number of halogens is 3. The first-order chi connectivity index (χ1) is 10.4. The zero-order chi connectivity index (χ0) is 15.7. The SMILES string of the molecule is O=c1[nH]c(-c2ccc(OC(F)(F)F)cc2)nc2c1COCC2. The van der Waals surface area contributed by atoms with E-state index in [9.17, 15) is 18.0 Å². The lowest BCUT2D eigenvalue weighted by atomic mass is 10.1. The first kappa shape index (κ1) is 14.6. The summed E-state index contributed by atoms with van der Waals surface area (Å²) < 4.78 is 45.3. The molecule has 0 fully saturated rings. The molecule has 1 aromatic carbocycles. The van der Waals surface area contributed by atoms with Crippen LogP contribution in [0.5, 0.6) is 5.75 Å². The van der Waals surface area contributed by atoms with Crippen LogP contribution in [-0.2, 0) is 17.8 Å². The molecule has 2 aromatic rings. The molecule has 0 radical (unpaired) electrons. The standard InChI is InChI=1S/C14H11F3N2O3/c15-14(16,17)22-9-3-1-8(2-4-9)12-18-11-5-6-21-7-10(11)13(20)19-12/h1-4H,5-7H2,(H,18,19,20). The van der Waals surface area contributed by atoms with Gasteiger partial charge in [-0.3, -0.25) is 4.79 Å². The fourth-order valence-electron chi connectivity index (χ4n) is 2.19. The fourth-order valence-corrected chi connectivity index (χ4v) is 2.19. The van der Waals surface area contributed by atoms with Crippen molar-refractivity contribution in [1.29, 1.82) is 0 Å². The predicted octanol–water partition coefficient (Wildman–Crippen LogP) is 2.41. The zero-order valence-electron chi connectivity index (χ0n) is 11.2. The number of H-pyrrole nitrogens is 1. The minimum Gasteiger partial charge on any atom is -0.406 e.